The summed E-state index contributed by atoms with van der Waals surface area (Å²) in [5.41, 5.74) is 5.12. The Morgan fingerprint density at radius 3 is 3.00 bits per heavy atom. The molecule has 1 heteroatoms. The topological polar surface area (TPSA) is 3.01 Å². The second-order valence-corrected chi connectivity index (χ2v) is 4.15. The second-order valence-electron chi connectivity index (χ2n) is 4.15. The highest BCUT2D eigenvalue weighted by molar-refractivity contribution is 5.71. The van der Waals surface area contributed by atoms with Crippen LogP contribution < -0.4 is 0 Å². The Morgan fingerprint density at radius 2 is 2.12 bits per heavy atom. The zero-order valence-electron chi connectivity index (χ0n) is 9.27. The van der Waals surface area contributed by atoms with Crippen LogP contribution in [0.5, 0.6) is 0 Å². The van der Waals surface area contributed by atoms with Crippen molar-refractivity contribution in [2.45, 2.75) is 6.92 Å². The average Bonchev–Trinajstić information content (AvgIpc) is 2.29. The Morgan fingerprint density at radius 1 is 1.25 bits per heavy atom. The highest BCUT2D eigenvalue weighted by atomic mass is 15.0. The molecule has 0 spiro atoms. The molecule has 16 heavy (non-hydrogen) atoms. The van der Waals surface area contributed by atoms with Gasteiger partial charge in [-0.2, -0.15) is 0 Å². The van der Waals surface area contributed by atoms with Crippen LogP contribution in [0.1, 0.15) is 16.7 Å². The zero-order valence-corrected chi connectivity index (χ0v) is 9.27. The summed E-state index contributed by atoms with van der Waals surface area (Å²) in [7, 11) is 0. The maximum Gasteiger partial charge on any atom is 0.159 e. The molecule has 1 nitrogen and oxygen atoms in total. The highest BCUT2D eigenvalue weighted by Crippen LogP contribution is 2.36. The van der Waals surface area contributed by atoms with Gasteiger partial charge in [0, 0.05) is 0 Å². The van der Waals surface area contributed by atoms with Crippen molar-refractivity contribution in [3.05, 3.63) is 70.9 Å². The molecular formula is C15H13N. The largest absolute Gasteiger partial charge is 0.243 e. The van der Waals surface area contributed by atoms with Crippen LogP contribution in [0, 0.1) is 13.0 Å². The minimum absolute atomic E-state index is 1.20. The van der Waals surface area contributed by atoms with Crippen LogP contribution >= 0.6 is 0 Å². The van der Waals surface area contributed by atoms with Gasteiger partial charge < -0.3 is 0 Å². The lowest BCUT2D eigenvalue weighted by molar-refractivity contribution is -0.419. The minimum Gasteiger partial charge on any atom is -0.243 e. The molecule has 1 heterocycles. The highest BCUT2D eigenvalue weighted by Gasteiger charge is 2.25. The van der Waals surface area contributed by atoms with Gasteiger partial charge in [0.2, 0.25) is 0 Å². The molecule has 0 aromatic heterocycles. The van der Waals surface area contributed by atoms with E-state index in [1.807, 2.05) is 16.9 Å². The Hall–Kier alpha value is -2.02. The summed E-state index contributed by atoms with van der Waals surface area (Å²) in [6.07, 6.45) is 10.5. The molecule has 0 radical (unpaired) electrons. The van der Waals surface area contributed by atoms with Crippen molar-refractivity contribution in [2.24, 2.45) is 0 Å². The van der Waals surface area contributed by atoms with Gasteiger partial charge in [0.05, 0.1) is 6.72 Å². The van der Waals surface area contributed by atoms with Gasteiger partial charge in [0.1, 0.15) is 6.20 Å². The van der Waals surface area contributed by atoms with E-state index in [4.69, 9.17) is 0 Å². The summed E-state index contributed by atoms with van der Waals surface area (Å²) in [6, 6.07) is 7.60. The molecule has 0 atom stereocenters. The van der Waals surface area contributed by atoms with E-state index < -0.39 is 0 Å². The van der Waals surface area contributed by atoms with E-state index in [0.29, 0.717) is 0 Å². The van der Waals surface area contributed by atoms with Crippen LogP contribution in [-0.2, 0) is 0 Å². The summed E-state index contributed by atoms with van der Waals surface area (Å²) in [5.74, 6) is 0. The first kappa shape index (κ1) is 9.22. The van der Waals surface area contributed by atoms with Crippen LogP contribution in [0.4, 0.5) is 0 Å². The van der Waals surface area contributed by atoms with Crippen LogP contribution in [-0.4, -0.2) is 11.3 Å². The molecular weight excluding hydrogens is 194 g/mol. The fourth-order valence-corrected chi connectivity index (χ4v) is 2.30. The number of fused-ring (bicyclic) bond motifs is 3. The first-order valence-electron chi connectivity index (χ1n) is 5.41. The maximum atomic E-state index is 4.05. The lowest BCUT2D eigenvalue weighted by Gasteiger charge is -2.27. The average molecular weight is 207 g/mol. The second kappa shape index (κ2) is 3.24. The molecule has 0 saturated heterocycles. The van der Waals surface area contributed by atoms with E-state index in [9.17, 15) is 0 Å². The van der Waals surface area contributed by atoms with Gasteiger partial charge in [0.15, 0.2) is 6.04 Å². The van der Waals surface area contributed by atoms with Gasteiger partial charge >= 0.3 is 0 Å². The molecule has 1 aromatic rings. The smallest absolute Gasteiger partial charge is 0.159 e. The first-order chi connectivity index (χ1) is 7.77. The number of allylic oxidation sites excluding steroid dienone is 2. The van der Waals surface area contributed by atoms with Crippen LogP contribution in [0.15, 0.2) is 48.2 Å². The Kier molecular flexibility index (Phi) is 1.87. The van der Waals surface area contributed by atoms with Crippen molar-refractivity contribution in [1.82, 2.24) is 0 Å². The summed E-state index contributed by atoms with van der Waals surface area (Å²) >= 11 is 0. The molecule has 78 valence electrons. The fourth-order valence-electron chi connectivity index (χ4n) is 2.30. The predicted octanol–water partition coefficient (Wildman–Crippen LogP) is 3.07. The van der Waals surface area contributed by atoms with Gasteiger partial charge in [-0.1, -0.05) is 41.5 Å². The molecule has 0 amide bonds. The third kappa shape index (κ3) is 1.18. The SMILES string of the molecule is C=[N+]1C=CC=C2C=Cc3c(C)cccc3[C-]21. The molecule has 0 N–H and O–H groups in total. The summed E-state index contributed by atoms with van der Waals surface area (Å²) in [5, 5.41) is 0. The van der Waals surface area contributed by atoms with E-state index in [2.05, 4.69) is 50.1 Å². The summed E-state index contributed by atoms with van der Waals surface area (Å²) in [6.45, 7) is 6.19. The zero-order chi connectivity index (χ0) is 11.1. The van der Waals surface area contributed by atoms with E-state index in [1.54, 1.807) is 0 Å². The van der Waals surface area contributed by atoms with Crippen molar-refractivity contribution in [3.8, 4) is 0 Å². The Balaban J connectivity index is 2.25. The van der Waals surface area contributed by atoms with Gasteiger partial charge in [-0.15, -0.1) is 6.08 Å². The summed E-state index contributed by atoms with van der Waals surface area (Å²) in [4.78, 5) is 0. The number of hydrogen-bond donors (Lipinski definition) is 0. The molecule has 0 fully saturated rings. The molecule has 0 saturated carbocycles. The van der Waals surface area contributed by atoms with Crippen LogP contribution in [0.25, 0.3) is 6.08 Å². The number of benzene rings is 1. The van der Waals surface area contributed by atoms with E-state index >= 15 is 0 Å². The number of nitrogens with zero attached hydrogens (tertiary/aromatic N) is 1. The number of hydrogen-bond acceptors (Lipinski definition) is 0. The molecule has 0 unspecified atom stereocenters. The number of rotatable bonds is 0. The van der Waals surface area contributed by atoms with E-state index in [0.717, 1.165) is 0 Å². The third-order valence-electron chi connectivity index (χ3n) is 3.11. The van der Waals surface area contributed by atoms with Crippen molar-refractivity contribution in [3.63, 3.8) is 0 Å². The quantitative estimate of drug-likeness (QED) is 0.454. The monoisotopic (exact) mass is 207 g/mol. The molecule has 1 aromatic carbocycles. The van der Waals surface area contributed by atoms with Crippen LogP contribution in [0.2, 0.25) is 0 Å². The van der Waals surface area contributed by atoms with Gasteiger partial charge in [-0.3, -0.25) is 0 Å². The number of aryl methyl sites for hydroxylation is 1. The van der Waals surface area contributed by atoms with E-state index in [1.165, 1.54) is 28.3 Å². The normalized spacial score (nSPS) is 16.9. The van der Waals surface area contributed by atoms with Crippen molar-refractivity contribution >= 4 is 12.8 Å². The van der Waals surface area contributed by atoms with Crippen molar-refractivity contribution < 1.29 is 4.58 Å². The van der Waals surface area contributed by atoms with E-state index in [-0.39, 0.29) is 0 Å². The standard InChI is InChI=1S/C15H13N/c1-11-5-3-7-14-13(11)9-8-12-6-4-10-16(2)15(12)14/h3-10H,2H2,1H3. The lowest BCUT2D eigenvalue weighted by atomic mass is 9.85. The molecule has 1 aliphatic carbocycles. The lowest BCUT2D eigenvalue weighted by Crippen LogP contribution is -2.20. The van der Waals surface area contributed by atoms with Crippen molar-refractivity contribution in [1.29, 1.82) is 0 Å². The fraction of sp³-hybridized carbons (Fsp3) is 0.0667. The molecule has 0 bridgehead atoms. The molecule has 1 aliphatic heterocycles. The van der Waals surface area contributed by atoms with Gasteiger partial charge in [-0.25, -0.2) is 4.58 Å². The Labute approximate surface area is 95.7 Å². The maximum absolute atomic E-state index is 4.05. The Bertz CT molecular complexity index is 559. The van der Waals surface area contributed by atoms with Crippen molar-refractivity contribution in [2.75, 3.05) is 0 Å². The summed E-state index contributed by atoms with van der Waals surface area (Å²) < 4.78 is 1.94. The predicted molar refractivity (Wildman–Crippen MR) is 67.2 cm³/mol. The first-order valence-corrected chi connectivity index (χ1v) is 5.41. The van der Waals surface area contributed by atoms with Gasteiger partial charge in [-0.05, 0) is 24.1 Å². The molecule has 2 aliphatic rings. The van der Waals surface area contributed by atoms with Crippen LogP contribution in [0.3, 0.4) is 0 Å². The molecule has 3 rings (SSSR count). The third-order valence-corrected chi connectivity index (χ3v) is 3.11. The van der Waals surface area contributed by atoms with Gasteiger partial charge in [0.25, 0.3) is 0 Å². The minimum atomic E-state index is 1.20.